The largest absolute Gasteiger partial charge is 0.504 e. The molecule has 0 bridgehead atoms. The second-order valence-corrected chi connectivity index (χ2v) is 8.34. The van der Waals surface area contributed by atoms with Gasteiger partial charge in [-0.3, -0.25) is 4.79 Å². The molecule has 0 amide bonds. The Hall–Kier alpha value is -3.61. The van der Waals surface area contributed by atoms with Gasteiger partial charge in [0.1, 0.15) is 41.3 Å². The molecule has 1 aliphatic heterocycles. The molecule has 1 saturated heterocycles. The van der Waals surface area contributed by atoms with Gasteiger partial charge >= 0.3 is 0 Å². The third-order valence-corrected chi connectivity index (χ3v) is 5.91. The van der Waals surface area contributed by atoms with Crippen LogP contribution in [0.2, 0.25) is 0 Å². The fourth-order valence-electron chi connectivity index (χ4n) is 4.18. The fraction of sp³-hybridized carbons (Fsp3) is 0.292. The molecular weight excluding hydrogens is 464 g/mol. The molecule has 0 aliphatic carbocycles. The van der Waals surface area contributed by atoms with Crippen LogP contribution in [0.25, 0.3) is 33.3 Å². The Morgan fingerprint density at radius 2 is 1.63 bits per heavy atom. The van der Waals surface area contributed by atoms with E-state index in [1.165, 1.54) is 30.3 Å². The van der Waals surface area contributed by atoms with Gasteiger partial charge in [-0.2, -0.15) is 0 Å². The van der Waals surface area contributed by atoms with E-state index in [9.17, 15) is 35.4 Å². The first-order valence-corrected chi connectivity index (χ1v) is 10.7. The van der Waals surface area contributed by atoms with E-state index >= 15 is 0 Å². The minimum atomic E-state index is -1.70. The van der Waals surface area contributed by atoms with Crippen molar-refractivity contribution in [2.75, 3.05) is 6.61 Å². The number of hydrogen-bond donors (Lipinski definition) is 6. The van der Waals surface area contributed by atoms with Crippen LogP contribution in [0.15, 0.2) is 50.0 Å². The third kappa shape index (κ3) is 3.89. The van der Waals surface area contributed by atoms with E-state index in [1.807, 2.05) is 0 Å². The number of rotatable bonds is 4. The first-order valence-electron chi connectivity index (χ1n) is 10.7. The highest BCUT2D eigenvalue weighted by atomic mass is 16.7. The van der Waals surface area contributed by atoms with Gasteiger partial charge in [-0.15, -0.1) is 0 Å². The molecule has 5 atom stereocenters. The van der Waals surface area contributed by atoms with Crippen LogP contribution >= 0.6 is 0 Å². The normalized spacial score (nSPS) is 24.8. The summed E-state index contributed by atoms with van der Waals surface area (Å²) in [5.74, 6) is -0.412. The molecule has 2 aromatic carbocycles. The molecule has 2 aromatic heterocycles. The molecule has 0 spiro atoms. The number of benzene rings is 2. The summed E-state index contributed by atoms with van der Waals surface area (Å²) in [4.78, 5) is 12.2. The van der Waals surface area contributed by atoms with Gasteiger partial charge in [0.25, 0.3) is 0 Å². The molecule has 35 heavy (non-hydrogen) atoms. The zero-order chi connectivity index (χ0) is 25.0. The Labute approximate surface area is 196 Å². The molecule has 0 saturated carbocycles. The zero-order valence-electron chi connectivity index (χ0n) is 18.3. The lowest BCUT2D eigenvalue weighted by molar-refractivity contribution is -0.277. The van der Waals surface area contributed by atoms with E-state index in [0.29, 0.717) is 16.5 Å². The Balaban J connectivity index is 1.77. The minimum absolute atomic E-state index is 0.00209. The molecule has 5 unspecified atom stereocenters. The van der Waals surface area contributed by atoms with Crippen LogP contribution in [0.3, 0.4) is 0 Å². The Morgan fingerprint density at radius 1 is 0.914 bits per heavy atom. The van der Waals surface area contributed by atoms with Crippen molar-refractivity contribution >= 4 is 21.9 Å². The van der Waals surface area contributed by atoms with Crippen LogP contribution in [-0.2, 0) is 4.74 Å². The minimum Gasteiger partial charge on any atom is -0.504 e. The number of aryl methyl sites for hydroxylation is 1. The van der Waals surface area contributed by atoms with E-state index in [2.05, 4.69) is 0 Å². The Kier molecular flexibility index (Phi) is 5.66. The number of aromatic hydroxyl groups is 2. The van der Waals surface area contributed by atoms with Gasteiger partial charge in [0.05, 0.1) is 12.0 Å². The van der Waals surface area contributed by atoms with Crippen molar-refractivity contribution in [3.63, 3.8) is 0 Å². The molecule has 1 fully saturated rings. The van der Waals surface area contributed by atoms with Gasteiger partial charge in [-0.1, -0.05) is 0 Å². The molecular formula is C24H22O11. The smallest absolute Gasteiger partial charge is 0.229 e. The maximum atomic E-state index is 12.2. The summed E-state index contributed by atoms with van der Waals surface area (Å²) in [7, 11) is 0. The molecule has 4 aromatic rings. The third-order valence-electron chi connectivity index (χ3n) is 5.91. The summed E-state index contributed by atoms with van der Waals surface area (Å²) in [6.45, 7) is 1.00. The first-order chi connectivity index (χ1) is 16.7. The van der Waals surface area contributed by atoms with Crippen molar-refractivity contribution in [3.05, 3.63) is 52.4 Å². The van der Waals surface area contributed by atoms with Crippen LogP contribution in [0.4, 0.5) is 0 Å². The number of aliphatic hydroxyl groups is 4. The highest BCUT2D eigenvalue weighted by molar-refractivity contribution is 6.09. The summed E-state index contributed by atoms with van der Waals surface area (Å²) < 4.78 is 23.2. The first kappa shape index (κ1) is 23.1. The van der Waals surface area contributed by atoms with Gasteiger partial charge in [0.15, 0.2) is 28.4 Å². The monoisotopic (exact) mass is 486 g/mol. The lowest BCUT2D eigenvalue weighted by Gasteiger charge is -2.39. The van der Waals surface area contributed by atoms with Crippen LogP contribution in [0.5, 0.6) is 17.2 Å². The van der Waals surface area contributed by atoms with Crippen LogP contribution < -0.4 is 10.2 Å². The number of ether oxygens (including phenoxy) is 2. The summed E-state index contributed by atoms with van der Waals surface area (Å²) in [5.41, 5.74) is 0.229. The number of hydrogen-bond acceptors (Lipinski definition) is 11. The summed E-state index contributed by atoms with van der Waals surface area (Å²) in [6, 6.07) is 8.02. The van der Waals surface area contributed by atoms with Crippen molar-refractivity contribution in [2.45, 2.75) is 37.6 Å². The molecule has 3 heterocycles. The molecule has 184 valence electrons. The zero-order valence-corrected chi connectivity index (χ0v) is 18.3. The van der Waals surface area contributed by atoms with Gasteiger partial charge in [0.2, 0.25) is 6.29 Å². The van der Waals surface area contributed by atoms with Gasteiger partial charge in [0, 0.05) is 23.1 Å². The topological polar surface area (TPSA) is 183 Å². The number of phenols is 2. The van der Waals surface area contributed by atoms with Crippen LogP contribution in [-0.4, -0.2) is 68.0 Å². The lowest BCUT2D eigenvalue weighted by Crippen LogP contribution is -2.60. The van der Waals surface area contributed by atoms with Crippen molar-refractivity contribution in [3.8, 4) is 28.6 Å². The predicted molar refractivity (Wildman–Crippen MR) is 120 cm³/mol. The number of aliphatic hydroxyl groups excluding tert-OH is 4. The average molecular weight is 486 g/mol. The highest BCUT2D eigenvalue weighted by Gasteiger charge is 2.45. The lowest BCUT2D eigenvalue weighted by atomic mass is 9.99. The molecule has 5 rings (SSSR count). The Bertz CT molecular complexity index is 1470. The summed E-state index contributed by atoms with van der Waals surface area (Å²) in [6.07, 6.45) is -7.73. The predicted octanol–water partition coefficient (Wildman–Crippen LogP) is 1.10. The summed E-state index contributed by atoms with van der Waals surface area (Å²) in [5, 5.41) is 61.0. The molecule has 11 nitrogen and oxygen atoms in total. The van der Waals surface area contributed by atoms with Gasteiger partial charge < -0.3 is 48.9 Å². The number of phenolic OH excluding ortho intramolecular Hbond substituents is 2. The maximum Gasteiger partial charge on any atom is 0.229 e. The second kappa shape index (κ2) is 8.56. The highest BCUT2D eigenvalue weighted by Crippen LogP contribution is 2.44. The fourth-order valence-corrected chi connectivity index (χ4v) is 4.18. The van der Waals surface area contributed by atoms with Crippen molar-refractivity contribution < 1.29 is 48.9 Å². The SMILES string of the molecule is Cc1cc2c(OC3OC(CO)C(O)C(O)C3O)c(-c3ccc(O)c(O)c3)oc3cc(=O)cc(o1)c32. The maximum absolute atomic E-state index is 12.2. The molecule has 1 aliphatic rings. The van der Waals surface area contributed by atoms with Gasteiger partial charge in [-0.25, -0.2) is 0 Å². The van der Waals surface area contributed by atoms with E-state index in [1.54, 1.807) is 13.0 Å². The molecule has 6 N–H and O–H groups in total. The van der Waals surface area contributed by atoms with Crippen LogP contribution in [0, 0.1) is 6.92 Å². The average Bonchev–Trinajstić information content (AvgIpc) is 2.81. The quantitative estimate of drug-likeness (QED) is 0.227. The molecule has 11 heteroatoms. The molecule has 0 radical (unpaired) electrons. The Morgan fingerprint density at radius 3 is 2.31 bits per heavy atom. The summed E-state index contributed by atoms with van der Waals surface area (Å²) >= 11 is 0. The van der Waals surface area contributed by atoms with Crippen molar-refractivity contribution in [1.29, 1.82) is 0 Å². The van der Waals surface area contributed by atoms with E-state index in [0.717, 1.165) is 0 Å². The van der Waals surface area contributed by atoms with Gasteiger partial charge in [-0.05, 0) is 31.2 Å². The van der Waals surface area contributed by atoms with E-state index in [-0.39, 0.29) is 39.4 Å². The van der Waals surface area contributed by atoms with E-state index < -0.39 is 43.1 Å². The van der Waals surface area contributed by atoms with Crippen LogP contribution in [0.1, 0.15) is 5.76 Å². The van der Waals surface area contributed by atoms with Crippen molar-refractivity contribution in [2.24, 2.45) is 0 Å². The second-order valence-electron chi connectivity index (χ2n) is 8.34. The standard InChI is InChI=1S/C24H22O11/c1-9-4-12-18-15(32-9)6-11(26)7-16(18)33-22(10-2-3-13(27)14(28)5-10)23(12)35-24-21(31)20(30)19(29)17(8-25)34-24/h2-7,17,19-21,24-25,27-31H,8H2,1H3. The van der Waals surface area contributed by atoms with E-state index in [4.69, 9.17) is 18.3 Å². The van der Waals surface area contributed by atoms with Crippen molar-refractivity contribution in [1.82, 2.24) is 0 Å².